The Balaban J connectivity index is 1.05. The Hall–Kier alpha value is -7.78. The summed E-state index contributed by atoms with van der Waals surface area (Å²) in [4.78, 5) is 2.43. The number of hydrogen-bond donors (Lipinski definition) is 0. The lowest BCUT2D eigenvalue weighted by Crippen LogP contribution is -2.29. The molecule has 0 aliphatic heterocycles. The molecule has 2 aliphatic rings. The molecule has 0 bridgehead atoms. The molecule has 11 aromatic rings. The molecule has 2 aliphatic carbocycles. The molecule has 1 aromatic heterocycles. The number of benzene rings is 10. The second-order valence-corrected chi connectivity index (χ2v) is 17.8. The molecule has 1 nitrogen and oxygen atoms in total. The molecule has 13 rings (SSSR count). The Morgan fingerprint density at radius 1 is 0.302 bits per heavy atom. The van der Waals surface area contributed by atoms with E-state index in [0.717, 1.165) is 17.1 Å². The summed E-state index contributed by atoms with van der Waals surface area (Å²) < 4.78 is 2.68. The van der Waals surface area contributed by atoms with Crippen molar-refractivity contribution in [2.24, 2.45) is 0 Å². The molecule has 294 valence electrons. The molecule has 1 spiro atoms. The summed E-state index contributed by atoms with van der Waals surface area (Å²) in [5.74, 6) is 0. The van der Waals surface area contributed by atoms with Gasteiger partial charge < -0.3 is 4.90 Å². The molecule has 0 N–H and O–H groups in total. The minimum absolute atomic E-state index is 0.602. The van der Waals surface area contributed by atoms with Crippen LogP contribution in [0.25, 0.3) is 75.8 Å². The number of hydrogen-bond acceptors (Lipinski definition) is 2. The SMILES string of the molecule is c1ccc(-c2ccc(-c3ccc(N(c4ccccc4)c4ccc5c(c4)C4(c6ccccc6-c6ccccc6-5)c5ccccc5-c5c4ccc4c5sc5ccccc54)cc3)cc2)cc1. The number of anilines is 3. The Kier molecular flexibility index (Phi) is 8.06. The molecular weight excluding hydrogens is 779 g/mol. The van der Waals surface area contributed by atoms with Crippen LogP contribution in [0.3, 0.4) is 0 Å². The fraction of sp³-hybridized carbons (Fsp3) is 0.0164. The van der Waals surface area contributed by atoms with Gasteiger partial charge in [-0.25, -0.2) is 0 Å². The standard InChI is InChI=1S/C61H39NS/c1-3-15-40(16-4-1)41-27-29-42(30-28-41)43-31-33-45(34-32-43)62(44-17-5-2-6-18-44)46-35-36-50-48-20-8-7-19-47(48)49-21-9-12-24-54(49)61(57(50)39-46)55-25-13-10-23-53(55)59-56(61)38-37-52-51-22-11-14-26-58(51)63-60(52)59/h1-39H. The Morgan fingerprint density at radius 3 is 1.49 bits per heavy atom. The highest BCUT2D eigenvalue weighted by atomic mass is 32.1. The zero-order valence-electron chi connectivity index (χ0n) is 34.4. The van der Waals surface area contributed by atoms with Gasteiger partial charge in [0.25, 0.3) is 0 Å². The van der Waals surface area contributed by atoms with Gasteiger partial charge in [-0.3, -0.25) is 0 Å². The van der Waals surface area contributed by atoms with Gasteiger partial charge in [-0.2, -0.15) is 0 Å². The second-order valence-electron chi connectivity index (χ2n) is 16.7. The summed E-state index contributed by atoms with van der Waals surface area (Å²) in [7, 11) is 0. The number of rotatable bonds is 5. The molecule has 10 aromatic carbocycles. The van der Waals surface area contributed by atoms with Crippen LogP contribution in [0.1, 0.15) is 22.3 Å². The summed E-state index contributed by atoms with van der Waals surface area (Å²) in [6.45, 7) is 0. The zero-order chi connectivity index (χ0) is 41.5. The number of thiophene rings is 1. The van der Waals surface area contributed by atoms with E-state index < -0.39 is 5.41 Å². The summed E-state index contributed by atoms with van der Waals surface area (Å²) in [6.07, 6.45) is 0. The van der Waals surface area contributed by atoms with Crippen molar-refractivity contribution >= 4 is 48.6 Å². The topological polar surface area (TPSA) is 3.24 Å². The average molecular weight is 818 g/mol. The van der Waals surface area contributed by atoms with Crippen molar-refractivity contribution in [1.82, 2.24) is 0 Å². The maximum absolute atomic E-state index is 2.51. The van der Waals surface area contributed by atoms with Gasteiger partial charge in [-0.15, -0.1) is 11.3 Å². The summed E-state index contributed by atoms with van der Waals surface area (Å²) >= 11 is 1.93. The van der Waals surface area contributed by atoms with Crippen LogP contribution < -0.4 is 4.90 Å². The van der Waals surface area contributed by atoms with Crippen LogP contribution >= 0.6 is 11.3 Å². The third kappa shape index (κ3) is 5.35. The molecule has 63 heavy (non-hydrogen) atoms. The van der Waals surface area contributed by atoms with E-state index in [9.17, 15) is 0 Å². The molecule has 2 heteroatoms. The zero-order valence-corrected chi connectivity index (χ0v) is 35.2. The van der Waals surface area contributed by atoms with Gasteiger partial charge in [0.2, 0.25) is 0 Å². The van der Waals surface area contributed by atoms with Gasteiger partial charge in [0, 0.05) is 42.8 Å². The van der Waals surface area contributed by atoms with Crippen molar-refractivity contribution < 1.29 is 0 Å². The normalized spacial score (nSPS) is 14.4. The predicted octanol–water partition coefficient (Wildman–Crippen LogP) is 16.9. The molecular formula is C61H39NS. The first kappa shape index (κ1) is 35.9. The highest BCUT2D eigenvalue weighted by molar-refractivity contribution is 7.26. The Labute approximate surface area is 371 Å². The van der Waals surface area contributed by atoms with Crippen molar-refractivity contribution in [1.29, 1.82) is 0 Å². The molecule has 0 saturated carbocycles. The summed E-state index contributed by atoms with van der Waals surface area (Å²) in [6, 6.07) is 87.8. The molecule has 0 saturated heterocycles. The third-order valence-electron chi connectivity index (χ3n) is 13.5. The van der Waals surface area contributed by atoms with E-state index in [1.807, 2.05) is 11.3 Å². The van der Waals surface area contributed by atoms with Crippen LogP contribution in [-0.2, 0) is 5.41 Å². The monoisotopic (exact) mass is 817 g/mol. The summed E-state index contributed by atoms with van der Waals surface area (Å²) in [5, 5.41) is 2.65. The van der Waals surface area contributed by atoms with Crippen molar-refractivity contribution in [2.45, 2.75) is 5.41 Å². The van der Waals surface area contributed by atoms with Crippen LogP contribution in [0.5, 0.6) is 0 Å². The fourth-order valence-corrected chi connectivity index (χ4v) is 12.1. The molecule has 1 heterocycles. The number of nitrogens with zero attached hydrogens (tertiary/aromatic N) is 1. The van der Waals surface area contributed by atoms with E-state index >= 15 is 0 Å². The molecule has 1 atom stereocenters. The van der Waals surface area contributed by atoms with Crippen LogP contribution in [0.4, 0.5) is 17.1 Å². The van der Waals surface area contributed by atoms with Crippen LogP contribution in [-0.4, -0.2) is 0 Å². The quantitative estimate of drug-likeness (QED) is 0.167. The molecule has 1 unspecified atom stereocenters. The minimum Gasteiger partial charge on any atom is -0.310 e. The number of para-hydroxylation sites is 1. The molecule has 0 fully saturated rings. The predicted molar refractivity (Wildman–Crippen MR) is 267 cm³/mol. The van der Waals surface area contributed by atoms with Crippen LogP contribution in [0, 0.1) is 0 Å². The average Bonchev–Trinajstić information content (AvgIpc) is 3.86. The van der Waals surface area contributed by atoms with E-state index in [2.05, 4.69) is 241 Å². The Bertz CT molecular complexity index is 3550. The maximum atomic E-state index is 2.51. The van der Waals surface area contributed by atoms with Gasteiger partial charge >= 0.3 is 0 Å². The van der Waals surface area contributed by atoms with Gasteiger partial charge in [0.1, 0.15) is 0 Å². The van der Waals surface area contributed by atoms with Crippen LogP contribution in [0.15, 0.2) is 237 Å². The van der Waals surface area contributed by atoms with E-state index in [-0.39, 0.29) is 0 Å². The summed E-state index contributed by atoms with van der Waals surface area (Å²) in [5.41, 5.74) is 20.6. The van der Waals surface area contributed by atoms with Crippen molar-refractivity contribution in [3.05, 3.63) is 259 Å². The first-order valence-corrected chi connectivity index (χ1v) is 22.6. The van der Waals surface area contributed by atoms with Gasteiger partial charge in [-0.1, -0.05) is 194 Å². The van der Waals surface area contributed by atoms with E-state index in [0.29, 0.717) is 0 Å². The largest absolute Gasteiger partial charge is 0.310 e. The number of fused-ring (bicyclic) bond motifs is 16. The Morgan fingerprint density at radius 2 is 0.794 bits per heavy atom. The van der Waals surface area contributed by atoms with Crippen molar-refractivity contribution in [3.63, 3.8) is 0 Å². The second kappa shape index (κ2) is 14.1. The van der Waals surface area contributed by atoms with E-state index in [1.54, 1.807) is 0 Å². The van der Waals surface area contributed by atoms with E-state index in [4.69, 9.17) is 0 Å². The molecule has 0 radical (unpaired) electrons. The fourth-order valence-electron chi connectivity index (χ4n) is 10.8. The molecule has 0 amide bonds. The van der Waals surface area contributed by atoms with Gasteiger partial charge in [-0.05, 0) is 115 Å². The van der Waals surface area contributed by atoms with E-state index in [1.165, 1.54) is 98.1 Å². The lowest BCUT2D eigenvalue weighted by Gasteiger charge is -2.36. The highest BCUT2D eigenvalue weighted by Gasteiger charge is 2.50. The van der Waals surface area contributed by atoms with Crippen LogP contribution in [0.2, 0.25) is 0 Å². The van der Waals surface area contributed by atoms with Gasteiger partial charge in [0.15, 0.2) is 0 Å². The first-order chi connectivity index (χ1) is 31.3. The van der Waals surface area contributed by atoms with Gasteiger partial charge in [0.05, 0.1) is 5.41 Å². The maximum Gasteiger partial charge on any atom is 0.0726 e. The first-order valence-electron chi connectivity index (χ1n) is 21.8. The lowest BCUT2D eigenvalue weighted by molar-refractivity contribution is 0.776. The third-order valence-corrected chi connectivity index (χ3v) is 14.7. The van der Waals surface area contributed by atoms with Crippen molar-refractivity contribution in [3.8, 4) is 55.6 Å². The van der Waals surface area contributed by atoms with Crippen molar-refractivity contribution in [2.75, 3.05) is 4.90 Å². The minimum atomic E-state index is -0.602. The lowest BCUT2D eigenvalue weighted by atomic mass is 9.65. The smallest absolute Gasteiger partial charge is 0.0726 e. The highest BCUT2D eigenvalue weighted by Crippen LogP contribution is 2.64.